The minimum absolute atomic E-state index is 0.0222. The maximum Gasteiger partial charge on any atom is 0.370 e. The highest BCUT2D eigenvalue weighted by atomic mass is 16.4. The summed E-state index contributed by atoms with van der Waals surface area (Å²) < 4.78 is 1.35. The molecule has 184 valence electrons. The van der Waals surface area contributed by atoms with Crippen LogP contribution in [0.25, 0.3) is 11.1 Å². The van der Waals surface area contributed by atoms with Crippen molar-refractivity contribution >= 4 is 40.3 Å². The fourth-order valence-corrected chi connectivity index (χ4v) is 3.46. The van der Waals surface area contributed by atoms with Crippen molar-refractivity contribution in [1.29, 1.82) is 0 Å². The van der Waals surface area contributed by atoms with E-state index in [0.29, 0.717) is 16.9 Å². The van der Waals surface area contributed by atoms with E-state index in [1.807, 2.05) is 38.1 Å². The average molecular weight is 487 g/mol. The number of carbonyl (C=O) groups is 3. The maximum atomic E-state index is 13.1. The van der Waals surface area contributed by atoms with Crippen LogP contribution in [-0.2, 0) is 20.9 Å². The molecule has 0 atom stereocenters. The third-order valence-electron chi connectivity index (χ3n) is 5.37. The van der Waals surface area contributed by atoms with E-state index in [1.54, 1.807) is 30.3 Å². The number of benzene rings is 2. The topological polar surface area (TPSA) is 151 Å². The maximum absolute atomic E-state index is 13.1. The van der Waals surface area contributed by atoms with E-state index in [9.17, 15) is 19.5 Å². The van der Waals surface area contributed by atoms with Crippen LogP contribution in [0.3, 0.4) is 0 Å². The van der Waals surface area contributed by atoms with E-state index in [0.717, 1.165) is 23.5 Å². The molecule has 2 amide bonds. The summed E-state index contributed by atoms with van der Waals surface area (Å²) in [5.41, 5.74) is 15.5. The van der Waals surface area contributed by atoms with Crippen LogP contribution < -0.4 is 26.7 Å². The van der Waals surface area contributed by atoms with Gasteiger partial charge in [-0.25, -0.2) is 4.79 Å². The van der Waals surface area contributed by atoms with Crippen LogP contribution in [0.2, 0.25) is 0 Å². The quantitative estimate of drug-likeness (QED) is 0.244. The number of carbonyl (C=O) groups excluding carboxylic acids is 2. The average Bonchev–Trinajstić information content (AvgIpc) is 2.84. The molecule has 9 heteroatoms. The number of anilines is 2. The lowest BCUT2D eigenvalue weighted by atomic mass is 10.0. The molecule has 7 N–H and O–H groups in total. The van der Waals surface area contributed by atoms with Gasteiger partial charge in [0.15, 0.2) is 6.20 Å². The fourth-order valence-electron chi connectivity index (χ4n) is 3.46. The number of nitrogens with two attached hydrogens (primary N) is 2. The zero-order chi connectivity index (χ0) is 26.2. The Kier molecular flexibility index (Phi) is 8.19. The van der Waals surface area contributed by atoms with Crippen molar-refractivity contribution in [3.8, 4) is 0 Å². The van der Waals surface area contributed by atoms with E-state index in [2.05, 4.69) is 10.6 Å². The lowest BCUT2D eigenvalue weighted by Crippen LogP contribution is -2.43. The Balaban J connectivity index is 1.96. The Labute approximate surface area is 208 Å². The number of hydrogen-bond acceptors (Lipinski definition) is 5. The Morgan fingerprint density at radius 3 is 1.72 bits per heavy atom. The third-order valence-corrected chi connectivity index (χ3v) is 5.37. The number of hydrogen-bond donors (Lipinski definition) is 5. The van der Waals surface area contributed by atoms with Crippen molar-refractivity contribution in [2.45, 2.75) is 20.4 Å². The molecule has 3 rings (SSSR count). The second kappa shape index (κ2) is 11.5. The number of carboxylic acid groups (broad SMARTS) is 1. The first kappa shape index (κ1) is 25.7. The van der Waals surface area contributed by atoms with E-state index in [4.69, 9.17) is 11.5 Å². The molecule has 0 saturated carbocycles. The highest BCUT2D eigenvalue weighted by Gasteiger charge is 2.26. The summed E-state index contributed by atoms with van der Waals surface area (Å²) in [6.07, 6.45) is 3.71. The first-order valence-corrected chi connectivity index (χ1v) is 11.1. The van der Waals surface area contributed by atoms with E-state index < -0.39 is 24.3 Å². The number of aliphatic carboxylic acids is 1. The van der Waals surface area contributed by atoms with Crippen LogP contribution in [0.5, 0.6) is 0 Å². The summed E-state index contributed by atoms with van der Waals surface area (Å²) in [4.78, 5) is 37.5. The lowest BCUT2D eigenvalue weighted by Gasteiger charge is -2.12. The number of nitrogens with zero attached hydrogens (tertiary/aromatic N) is 1. The smallest absolute Gasteiger partial charge is 0.370 e. The molecule has 0 saturated heterocycles. The van der Waals surface area contributed by atoms with Crippen molar-refractivity contribution in [2.24, 2.45) is 11.5 Å². The molecule has 0 aliphatic heterocycles. The van der Waals surface area contributed by atoms with E-state index >= 15 is 0 Å². The van der Waals surface area contributed by atoms with Gasteiger partial charge >= 0.3 is 5.97 Å². The number of aromatic nitrogens is 1. The largest absolute Gasteiger partial charge is 0.477 e. The standard InChI is InChI=1S/C27H27N5O4/c1-17-3-7-20(8-4-17)30-26(35)22(14-28)19-11-12-32(16-25(33)34)24(13-19)23(15-29)27(36)31-21-9-5-18(2)6-10-21/h3-15H,16H2,1-2H3,(H6,28,29,30,31,33,34,35,36)/p+1. The highest BCUT2D eigenvalue weighted by Crippen LogP contribution is 2.21. The monoisotopic (exact) mass is 486 g/mol. The summed E-state index contributed by atoms with van der Waals surface area (Å²) in [5, 5.41) is 14.9. The lowest BCUT2D eigenvalue weighted by molar-refractivity contribution is -0.687. The predicted octanol–water partition coefficient (Wildman–Crippen LogP) is 2.55. The van der Waals surface area contributed by atoms with Crippen LogP contribution in [-0.4, -0.2) is 22.9 Å². The molecule has 1 aromatic heterocycles. The summed E-state index contributed by atoms with van der Waals surface area (Å²) in [7, 11) is 0. The molecule has 9 nitrogen and oxygen atoms in total. The van der Waals surface area contributed by atoms with Crippen LogP contribution in [0.4, 0.5) is 11.4 Å². The number of pyridine rings is 1. The van der Waals surface area contributed by atoms with Gasteiger partial charge in [-0.05, 0) is 38.1 Å². The van der Waals surface area contributed by atoms with Gasteiger partial charge in [0, 0.05) is 41.5 Å². The van der Waals surface area contributed by atoms with Gasteiger partial charge in [-0.2, -0.15) is 4.57 Å². The molecule has 1 heterocycles. The molecule has 3 aromatic rings. The molecule has 0 fully saturated rings. The van der Waals surface area contributed by atoms with Crippen LogP contribution in [0.1, 0.15) is 22.4 Å². The zero-order valence-electron chi connectivity index (χ0n) is 20.0. The van der Waals surface area contributed by atoms with Crippen molar-refractivity contribution in [3.05, 3.63) is 102 Å². The Morgan fingerprint density at radius 2 is 1.28 bits per heavy atom. The van der Waals surface area contributed by atoms with Gasteiger partial charge in [0.25, 0.3) is 11.8 Å². The molecular weight excluding hydrogens is 458 g/mol. The second-order valence-corrected chi connectivity index (χ2v) is 8.12. The molecule has 0 spiro atoms. The molecule has 0 bridgehead atoms. The number of carboxylic acids is 1. The van der Waals surface area contributed by atoms with Gasteiger partial charge in [0.2, 0.25) is 12.2 Å². The Bertz CT molecular complexity index is 1340. The first-order valence-electron chi connectivity index (χ1n) is 11.1. The van der Waals surface area contributed by atoms with Gasteiger partial charge < -0.3 is 27.2 Å². The minimum Gasteiger partial charge on any atom is -0.477 e. The predicted molar refractivity (Wildman–Crippen MR) is 138 cm³/mol. The molecule has 0 aliphatic carbocycles. The van der Waals surface area contributed by atoms with Crippen molar-refractivity contribution in [3.63, 3.8) is 0 Å². The second-order valence-electron chi connectivity index (χ2n) is 8.12. The Hall–Kier alpha value is -4.92. The number of aryl methyl sites for hydroxylation is 2. The summed E-state index contributed by atoms with van der Waals surface area (Å²) in [5.74, 6) is -2.12. The first-order chi connectivity index (χ1) is 17.2. The zero-order valence-corrected chi connectivity index (χ0v) is 20.0. The highest BCUT2D eigenvalue weighted by molar-refractivity contribution is 6.26. The molecule has 0 radical (unpaired) electrons. The van der Waals surface area contributed by atoms with Gasteiger partial charge in [-0.1, -0.05) is 35.4 Å². The minimum atomic E-state index is -1.11. The van der Waals surface area contributed by atoms with Gasteiger partial charge in [-0.3, -0.25) is 9.59 Å². The van der Waals surface area contributed by atoms with Crippen LogP contribution >= 0.6 is 0 Å². The SMILES string of the molecule is Cc1ccc(NC(=O)/C(=C\N)c2cc[n+](CC(=O)O)c(/C(=C/N)C(=O)Nc3ccc(C)cc3)c2)cc1. The fraction of sp³-hybridized carbons (Fsp3) is 0.111. The summed E-state index contributed by atoms with van der Waals surface area (Å²) in [6, 6.07) is 17.5. The van der Waals surface area contributed by atoms with Crippen molar-refractivity contribution < 1.29 is 24.1 Å². The number of nitrogens with one attached hydrogen (secondary N) is 2. The molecule has 36 heavy (non-hydrogen) atoms. The third kappa shape index (κ3) is 6.35. The normalized spacial score (nSPS) is 11.6. The molecule has 0 unspecified atom stereocenters. The summed E-state index contributed by atoms with van der Waals surface area (Å²) in [6.45, 7) is 3.43. The Morgan fingerprint density at radius 1 is 0.806 bits per heavy atom. The number of amides is 2. The molecule has 0 aliphatic rings. The molecule has 2 aromatic carbocycles. The van der Waals surface area contributed by atoms with E-state index in [1.165, 1.54) is 16.8 Å². The van der Waals surface area contributed by atoms with E-state index in [-0.39, 0.29) is 16.8 Å². The number of rotatable bonds is 8. The van der Waals surface area contributed by atoms with Crippen LogP contribution in [0.15, 0.2) is 79.3 Å². The van der Waals surface area contributed by atoms with Gasteiger partial charge in [-0.15, -0.1) is 0 Å². The van der Waals surface area contributed by atoms with Crippen LogP contribution in [0, 0.1) is 13.8 Å². The van der Waals surface area contributed by atoms with Gasteiger partial charge in [0.1, 0.15) is 5.57 Å². The summed E-state index contributed by atoms with van der Waals surface area (Å²) >= 11 is 0. The van der Waals surface area contributed by atoms with Crippen molar-refractivity contribution in [1.82, 2.24) is 0 Å². The van der Waals surface area contributed by atoms with Gasteiger partial charge in [0.05, 0.1) is 5.57 Å². The molecular formula is C27H28N5O4+. The van der Waals surface area contributed by atoms with Crippen molar-refractivity contribution in [2.75, 3.05) is 10.6 Å².